The molecule has 0 radical (unpaired) electrons. The normalized spacial score (nSPS) is 11.8. The molecule has 4 heteroatoms. The van der Waals surface area contributed by atoms with E-state index in [1.807, 2.05) is 6.92 Å². The lowest BCUT2D eigenvalue weighted by atomic mass is 10.1. The third-order valence-corrected chi connectivity index (χ3v) is 3.29. The van der Waals surface area contributed by atoms with E-state index in [1.165, 1.54) is 0 Å². The SMILES string of the molecule is CCCCC(=O)Nc1ccc(C(=O)NC(C)CCC)cc1. The van der Waals surface area contributed by atoms with Crippen LogP contribution in [0, 0.1) is 0 Å². The Labute approximate surface area is 127 Å². The van der Waals surface area contributed by atoms with Crippen LogP contribution in [0.4, 0.5) is 5.69 Å². The number of carbonyl (C=O) groups is 2. The first-order valence-electron chi connectivity index (χ1n) is 7.77. The maximum Gasteiger partial charge on any atom is 0.251 e. The van der Waals surface area contributed by atoms with Gasteiger partial charge in [0.2, 0.25) is 5.91 Å². The van der Waals surface area contributed by atoms with Crippen LogP contribution in [0.25, 0.3) is 0 Å². The van der Waals surface area contributed by atoms with Crippen molar-refractivity contribution in [1.29, 1.82) is 0 Å². The van der Waals surface area contributed by atoms with E-state index in [0.29, 0.717) is 12.0 Å². The molecule has 0 aliphatic rings. The van der Waals surface area contributed by atoms with Crippen molar-refractivity contribution in [2.24, 2.45) is 0 Å². The van der Waals surface area contributed by atoms with E-state index in [1.54, 1.807) is 24.3 Å². The van der Waals surface area contributed by atoms with Gasteiger partial charge < -0.3 is 10.6 Å². The molecule has 1 unspecified atom stereocenters. The van der Waals surface area contributed by atoms with E-state index in [4.69, 9.17) is 0 Å². The molecule has 116 valence electrons. The number of hydrogen-bond donors (Lipinski definition) is 2. The largest absolute Gasteiger partial charge is 0.350 e. The second-order valence-corrected chi connectivity index (χ2v) is 5.39. The Kier molecular flexibility index (Phi) is 7.51. The van der Waals surface area contributed by atoms with Gasteiger partial charge in [0.05, 0.1) is 0 Å². The number of nitrogens with one attached hydrogen (secondary N) is 2. The lowest BCUT2D eigenvalue weighted by Gasteiger charge is -2.13. The van der Waals surface area contributed by atoms with Gasteiger partial charge in [-0.15, -0.1) is 0 Å². The average Bonchev–Trinajstić information content (AvgIpc) is 2.46. The number of anilines is 1. The molecule has 1 atom stereocenters. The summed E-state index contributed by atoms with van der Waals surface area (Å²) in [7, 11) is 0. The predicted molar refractivity (Wildman–Crippen MR) is 86.4 cm³/mol. The molecule has 21 heavy (non-hydrogen) atoms. The highest BCUT2D eigenvalue weighted by Crippen LogP contribution is 2.11. The van der Waals surface area contributed by atoms with Crippen LogP contribution in [0.1, 0.15) is 63.2 Å². The van der Waals surface area contributed by atoms with Crippen molar-refractivity contribution in [3.8, 4) is 0 Å². The fourth-order valence-corrected chi connectivity index (χ4v) is 2.08. The van der Waals surface area contributed by atoms with Gasteiger partial charge in [0, 0.05) is 23.7 Å². The zero-order chi connectivity index (χ0) is 15.7. The van der Waals surface area contributed by atoms with Gasteiger partial charge >= 0.3 is 0 Å². The molecule has 0 aromatic heterocycles. The Bertz CT molecular complexity index is 454. The molecule has 0 heterocycles. The number of amides is 2. The third kappa shape index (κ3) is 6.43. The van der Waals surface area contributed by atoms with Crippen LogP contribution in [0.5, 0.6) is 0 Å². The van der Waals surface area contributed by atoms with Gasteiger partial charge in [-0.3, -0.25) is 9.59 Å². The fourth-order valence-electron chi connectivity index (χ4n) is 2.08. The van der Waals surface area contributed by atoms with Crippen LogP contribution in [0.15, 0.2) is 24.3 Å². The predicted octanol–water partition coefficient (Wildman–Crippen LogP) is 3.73. The topological polar surface area (TPSA) is 58.2 Å². The van der Waals surface area contributed by atoms with Gasteiger partial charge in [0.15, 0.2) is 0 Å². The van der Waals surface area contributed by atoms with Crippen LogP contribution in [0.2, 0.25) is 0 Å². The zero-order valence-electron chi connectivity index (χ0n) is 13.2. The maximum absolute atomic E-state index is 12.0. The van der Waals surface area contributed by atoms with Crippen molar-refractivity contribution < 1.29 is 9.59 Å². The van der Waals surface area contributed by atoms with Gasteiger partial charge in [-0.05, 0) is 44.0 Å². The molecule has 0 bridgehead atoms. The zero-order valence-corrected chi connectivity index (χ0v) is 13.2. The smallest absolute Gasteiger partial charge is 0.251 e. The molecular weight excluding hydrogens is 264 g/mol. The molecule has 0 aliphatic carbocycles. The number of unbranched alkanes of at least 4 members (excludes halogenated alkanes) is 1. The minimum absolute atomic E-state index is 0.0191. The van der Waals surface area contributed by atoms with Crippen molar-refractivity contribution in [2.45, 2.75) is 58.9 Å². The van der Waals surface area contributed by atoms with Gasteiger partial charge in [0.25, 0.3) is 5.91 Å². The lowest BCUT2D eigenvalue weighted by Crippen LogP contribution is -2.32. The monoisotopic (exact) mass is 290 g/mol. The van der Waals surface area contributed by atoms with Crippen molar-refractivity contribution in [3.63, 3.8) is 0 Å². The van der Waals surface area contributed by atoms with Gasteiger partial charge in [-0.25, -0.2) is 0 Å². The summed E-state index contributed by atoms with van der Waals surface area (Å²) in [6.07, 6.45) is 4.44. The average molecular weight is 290 g/mol. The van der Waals surface area contributed by atoms with E-state index in [2.05, 4.69) is 24.5 Å². The van der Waals surface area contributed by atoms with Gasteiger partial charge in [-0.1, -0.05) is 26.7 Å². The third-order valence-electron chi connectivity index (χ3n) is 3.29. The first kappa shape index (κ1) is 17.2. The Morgan fingerprint density at radius 2 is 1.76 bits per heavy atom. The van der Waals surface area contributed by atoms with E-state index < -0.39 is 0 Å². The van der Waals surface area contributed by atoms with Crippen LogP contribution in [-0.2, 0) is 4.79 Å². The molecule has 1 aromatic carbocycles. The number of rotatable bonds is 8. The first-order valence-corrected chi connectivity index (χ1v) is 7.77. The summed E-state index contributed by atoms with van der Waals surface area (Å²) in [6.45, 7) is 6.16. The number of hydrogen-bond acceptors (Lipinski definition) is 2. The standard InChI is InChI=1S/C17H26N2O2/c1-4-6-8-16(20)19-15-11-9-14(10-12-15)17(21)18-13(3)7-5-2/h9-13H,4-8H2,1-3H3,(H,18,21)(H,19,20). The minimum atomic E-state index is -0.0696. The maximum atomic E-state index is 12.0. The fraction of sp³-hybridized carbons (Fsp3) is 0.529. The van der Waals surface area contributed by atoms with Crippen LogP contribution >= 0.6 is 0 Å². The molecule has 2 amide bonds. The van der Waals surface area contributed by atoms with Gasteiger partial charge in [-0.2, -0.15) is 0 Å². The molecule has 4 nitrogen and oxygen atoms in total. The molecule has 0 fully saturated rings. The summed E-state index contributed by atoms with van der Waals surface area (Å²) >= 11 is 0. The Hall–Kier alpha value is -1.84. The summed E-state index contributed by atoms with van der Waals surface area (Å²) in [4.78, 5) is 23.6. The van der Waals surface area contributed by atoms with Crippen LogP contribution in [-0.4, -0.2) is 17.9 Å². The van der Waals surface area contributed by atoms with Crippen molar-refractivity contribution in [2.75, 3.05) is 5.32 Å². The van der Waals surface area contributed by atoms with Crippen LogP contribution < -0.4 is 10.6 Å². The first-order chi connectivity index (χ1) is 10.1. The molecule has 2 N–H and O–H groups in total. The highest BCUT2D eigenvalue weighted by Gasteiger charge is 2.09. The van der Waals surface area contributed by atoms with E-state index >= 15 is 0 Å². The van der Waals surface area contributed by atoms with Crippen molar-refractivity contribution in [1.82, 2.24) is 5.32 Å². The minimum Gasteiger partial charge on any atom is -0.350 e. The summed E-state index contributed by atoms with van der Waals surface area (Å²) in [6, 6.07) is 7.19. The van der Waals surface area contributed by atoms with Crippen LogP contribution in [0.3, 0.4) is 0 Å². The summed E-state index contributed by atoms with van der Waals surface area (Å²) < 4.78 is 0. The summed E-state index contributed by atoms with van der Waals surface area (Å²) in [5.74, 6) is -0.0505. The molecule has 1 rings (SSSR count). The molecule has 0 saturated heterocycles. The lowest BCUT2D eigenvalue weighted by molar-refractivity contribution is -0.116. The molecular formula is C17H26N2O2. The van der Waals surface area contributed by atoms with E-state index in [0.717, 1.165) is 31.4 Å². The number of benzene rings is 1. The van der Waals surface area contributed by atoms with E-state index in [-0.39, 0.29) is 17.9 Å². The Morgan fingerprint density at radius 1 is 1.10 bits per heavy atom. The van der Waals surface area contributed by atoms with Crippen molar-refractivity contribution in [3.05, 3.63) is 29.8 Å². The highest BCUT2D eigenvalue weighted by atomic mass is 16.2. The second-order valence-electron chi connectivity index (χ2n) is 5.39. The molecule has 0 spiro atoms. The Balaban J connectivity index is 2.53. The summed E-state index contributed by atoms with van der Waals surface area (Å²) in [5, 5.41) is 5.79. The molecule has 0 aliphatic heterocycles. The Morgan fingerprint density at radius 3 is 2.33 bits per heavy atom. The highest BCUT2D eigenvalue weighted by molar-refractivity contribution is 5.95. The van der Waals surface area contributed by atoms with E-state index in [9.17, 15) is 9.59 Å². The van der Waals surface area contributed by atoms with Crippen molar-refractivity contribution >= 4 is 17.5 Å². The second kappa shape index (κ2) is 9.16. The molecule has 0 saturated carbocycles. The van der Waals surface area contributed by atoms with Gasteiger partial charge in [0.1, 0.15) is 0 Å². The quantitative estimate of drug-likeness (QED) is 0.766. The summed E-state index contributed by atoms with van der Waals surface area (Å²) in [5.41, 5.74) is 1.35. The number of carbonyl (C=O) groups excluding carboxylic acids is 2. The molecule has 1 aromatic rings.